The minimum atomic E-state index is -1.43. The molecule has 1 aliphatic rings. The third-order valence-corrected chi connectivity index (χ3v) is 6.18. The van der Waals surface area contributed by atoms with Crippen molar-refractivity contribution in [2.45, 2.75) is 19.5 Å². The number of aromatic amines is 1. The first-order chi connectivity index (χ1) is 18.1. The lowest BCUT2D eigenvalue weighted by molar-refractivity contribution is 0.357. The smallest absolute Gasteiger partial charge is 0.355 e. The Morgan fingerprint density at radius 3 is 2.47 bits per heavy atom. The van der Waals surface area contributed by atoms with Crippen LogP contribution in [0.25, 0.3) is 0 Å². The standard InChI is InChI=1S/C24H16ClF4N5O4/c25-15-6-20-11(1-2-38-20)5-19(15)31-22-32-23(36)34(10-13-3-14(26)8-30-21(13)35)24(37)33(22)9-12-4-17(28)18(29)7-16(12)27/h3-8H,1-2,9-10H2,(H,30,35)(H,31,32,36). The zero-order valence-electron chi connectivity index (χ0n) is 19.2. The number of hydrogen-bond donors (Lipinski definition) is 2. The highest BCUT2D eigenvalue weighted by atomic mass is 35.5. The van der Waals surface area contributed by atoms with Gasteiger partial charge in [-0.25, -0.2) is 31.7 Å². The van der Waals surface area contributed by atoms with E-state index >= 15 is 0 Å². The van der Waals surface area contributed by atoms with Crippen molar-refractivity contribution in [2.75, 3.05) is 11.9 Å². The fourth-order valence-corrected chi connectivity index (χ4v) is 4.16. The van der Waals surface area contributed by atoms with Crippen LogP contribution >= 0.6 is 11.6 Å². The van der Waals surface area contributed by atoms with Gasteiger partial charge < -0.3 is 15.0 Å². The van der Waals surface area contributed by atoms with Crippen molar-refractivity contribution in [2.24, 2.45) is 0 Å². The van der Waals surface area contributed by atoms with Crippen LogP contribution in [0, 0.1) is 23.3 Å². The molecule has 0 amide bonds. The van der Waals surface area contributed by atoms with Gasteiger partial charge in [-0.1, -0.05) is 11.6 Å². The number of pyridine rings is 1. The van der Waals surface area contributed by atoms with Crippen LogP contribution in [-0.4, -0.2) is 25.7 Å². The first-order valence-electron chi connectivity index (χ1n) is 11.0. The summed E-state index contributed by atoms with van der Waals surface area (Å²) in [4.78, 5) is 44.4. The number of halogens is 5. The van der Waals surface area contributed by atoms with Gasteiger partial charge in [0.15, 0.2) is 11.6 Å². The Morgan fingerprint density at radius 2 is 1.68 bits per heavy atom. The van der Waals surface area contributed by atoms with Gasteiger partial charge in [-0.2, -0.15) is 4.98 Å². The van der Waals surface area contributed by atoms with Crippen LogP contribution in [0.1, 0.15) is 16.7 Å². The van der Waals surface area contributed by atoms with Crippen LogP contribution in [0.4, 0.5) is 29.2 Å². The first-order valence-corrected chi connectivity index (χ1v) is 11.4. The number of ether oxygens (including phenoxy) is 1. The lowest BCUT2D eigenvalue weighted by Crippen LogP contribution is -2.43. The van der Waals surface area contributed by atoms with Gasteiger partial charge in [-0.05, 0) is 23.8 Å². The van der Waals surface area contributed by atoms with E-state index in [-0.39, 0.29) is 16.3 Å². The Labute approximate surface area is 214 Å². The van der Waals surface area contributed by atoms with Crippen molar-refractivity contribution in [1.82, 2.24) is 19.1 Å². The molecule has 0 unspecified atom stereocenters. The summed E-state index contributed by atoms with van der Waals surface area (Å²) in [6.45, 7) is -0.930. The molecule has 0 fully saturated rings. The topological polar surface area (TPSA) is 111 Å². The molecule has 2 aromatic heterocycles. The minimum absolute atomic E-state index is 0.154. The summed E-state index contributed by atoms with van der Waals surface area (Å²) < 4.78 is 62.3. The van der Waals surface area contributed by atoms with Gasteiger partial charge in [0.05, 0.1) is 30.4 Å². The van der Waals surface area contributed by atoms with E-state index in [2.05, 4.69) is 15.3 Å². The molecule has 0 bridgehead atoms. The highest BCUT2D eigenvalue weighted by Crippen LogP contribution is 2.35. The Kier molecular flexibility index (Phi) is 6.53. The molecule has 4 aromatic rings. The second kappa shape index (κ2) is 9.82. The van der Waals surface area contributed by atoms with Crippen molar-refractivity contribution in [1.29, 1.82) is 0 Å². The molecule has 2 N–H and O–H groups in total. The zero-order chi connectivity index (χ0) is 27.1. The van der Waals surface area contributed by atoms with E-state index in [0.717, 1.165) is 22.4 Å². The van der Waals surface area contributed by atoms with Crippen molar-refractivity contribution >= 4 is 23.2 Å². The molecule has 5 rings (SSSR count). The number of benzene rings is 2. The summed E-state index contributed by atoms with van der Waals surface area (Å²) in [6, 6.07) is 4.87. The molecule has 0 atom stereocenters. The minimum Gasteiger partial charge on any atom is -0.493 e. The molecule has 14 heteroatoms. The number of H-pyrrole nitrogens is 1. The van der Waals surface area contributed by atoms with Gasteiger partial charge in [0.25, 0.3) is 5.56 Å². The summed E-state index contributed by atoms with van der Waals surface area (Å²) in [5, 5.41) is 2.92. The summed E-state index contributed by atoms with van der Waals surface area (Å²) in [5.41, 5.74) is -2.65. The molecule has 1 aliphatic heterocycles. The predicted octanol–water partition coefficient (Wildman–Crippen LogP) is 3.08. The van der Waals surface area contributed by atoms with Crippen molar-refractivity contribution in [3.63, 3.8) is 0 Å². The average molecular weight is 550 g/mol. The third kappa shape index (κ3) is 4.79. The zero-order valence-corrected chi connectivity index (χ0v) is 19.9. The molecule has 3 heterocycles. The van der Waals surface area contributed by atoms with Gasteiger partial charge in [-0.15, -0.1) is 0 Å². The van der Waals surface area contributed by atoms with E-state index in [1.807, 2.05) is 0 Å². The predicted molar refractivity (Wildman–Crippen MR) is 128 cm³/mol. The number of fused-ring (bicyclic) bond motifs is 1. The maximum atomic E-state index is 14.5. The van der Waals surface area contributed by atoms with Crippen molar-refractivity contribution in [3.8, 4) is 5.75 Å². The van der Waals surface area contributed by atoms with Crippen molar-refractivity contribution in [3.05, 3.63) is 113 Å². The largest absolute Gasteiger partial charge is 0.493 e. The van der Waals surface area contributed by atoms with Gasteiger partial charge in [0.2, 0.25) is 5.95 Å². The number of anilines is 2. The maximum Gasteiger partial charge on any atom is 0.355 e. The van der Waals surface area contributed by atoms with Gasteiger partial charge >= 0.3 is 11.4 Å². The second-order valence-corrected chi connectivity index (χ2v) is 8.77. The Hall–Kier alpha value is -4.39. The molecule has 0 aliphatic carbocycles. The molecule has 196 valence electrons. The number of aromatic nitrogens is 4. The fraction of sp³-hybridized carbons (Fsp3) is 0.167. The van der Waals surface area contributed by atoms with Gasteiger partial charge in [0, 0.05) is 35.9 Å². The lowest BCUT2D eigenvalue weighted by atomic mass is 10.1. The summed E-state index contributed by atoms with van der Waals surface area (Å²) in [6.07, 6.45) is 1.38. The Morgan fingerprint density at radius 1 is 0.947 bits per heavy atom. The molecular weight excluding hydrogens is 534 g/mol. The van der Waals surface area contributed by atoms with E-state index in [1.54, 1.807) is 6.07 Å². The lowest BCUT2D eigenvalue weighted by Gasteiger charge is -2.17. The SMILES string of the molecule is O=c1[nH]cc(F)cc1Cn1c(=O)nc(Nc2cc3c(cc2Cl)OCC3)n(Cc2cc(F)c(F)cc2F)c1=O. The summed E-state index contributed by atoms with van der Waals surface area (Å²) in [7, 11) is 0. The quantitative estimate of drug-likeness (QED) is 0.282. The van der Waals surface area contributed by atoms with E-state index in [9.17, 15) is 31.9 Å². The molecule has 0 spiro atoms. The number of nitrogens with one attached hydrogen (secondary N) is 2. The summed E-state index contributed by atoms with van der Waals surface area (Å²) in [5.74, 6) is -4.61. The van der Waals surface area contributed by atoms with Crippen LogP contribution in [-0.2, 0) is 19.5 Å². The Bertz CT molecular complexity index is 1770. The molecule has 2 aromatic carbocycles. The van der Waals surface area contributed by atoms with Crippen LogP contribution < -0.4 is 27.0 Å². The monoisotopic (exact) mass is 549 g/mol. The van der Waals surface area contributed by atoms with E-state index in [0.29, 0.717) is 35.5 Å². The van der Waals surface area contributed by atoms with Crippen LogP contribution in [0.15, 0.2) is 50.9 Å². The molecule has 0 saturated carbocycles. The van der Waals surface area contributed by atoms with Crippen molar-refractivity contribution < 1.29 is 22.3 Å². The van der Waals surface area contributed by atoms with E-state index in [1.165, 1.54) is 6.07 Å². The first kappa shape index (κ1) is 25.3. The van der Waals surface area contributed by atoms with Crippen LogP contribution in [0.3, 0.4) is 0 Å². The van der Waals surface area contributed by atoms with E-state index in [4.69, 9.17) is 16.3 Å². The summed E-state index contributed by atoms with van der Waals surface area (Å²) >= 11 is 6.32. The molecular formula is C24H16ClF4N5O4. The van der Waals surface area contributed by atoms with Crippen LogP contribution in [0.2, 0.25) is 5.02 Å². The second-order valence-electron chi connectivity index (χ2n) is 8.37. The highest BCUT2D eigenvalue weighted by molar-refractivity contribution is 6.33. The van der Waals surface area contributed by atoms with Crippen LogP contribution in [0.5, 0.6) is 5.75 Å². The normalized spacial score (nSPS) is 12.3. The average Bonchev–Trinajstić information content (AvgIpc) is 3.31. The number of rotatable bonds is 6. The number of nitrogens with zero attached hydrogens (tertiary/aromatic N) is 3. The third-order valence-electron chi connectivity index (χ3n) is 5.87. The molecule has 0 radical (unpaired) electrons. The molecule has 38 heavy (non-hydrogen) atoms. The molecule has 0 saturated heterocycles. The maximum absolute atomic E-state index is 14.5. The Balaban J connectivity index is 1.65. The highest BCUT2D eigenvalue weighted by Gasteiger charge is 2.21. The fourth-order valence-electron chi connectivity index (χ4n) is 3.96. The number of hydrogen-bond acceptors (Lipinski definition) is 6. The molecule has 9 nitrogen and oxygen atoms in total. The van der Waals surface area contributed by atoms with E-state index < -0.39 is 64.8 Å². The van der Waals surface area contributed by atoms with Gasteiger partial charge in [0.1, 0.15) is 17.4 Å². The van der Waals surface area contributed by atoms with Gasteiger partial charge in [-0.3, -0.25) is 9.36 Å².